The van der Waals surface area contributed by atoms with Crippen molar-refractivity contribution in [3.63, 3.8) is 0 Å². The van der Waals surface area contributed by atoms with Gasteiger partial charge in [0.05, 0.1) is 30.4 Å². The minimum atomic E-state index is -4.41. The van der Waals surface area contributed by atoms with E-state index in [0.29, 0.717) is 39.9 Å². The van der Waals surface area contributed by atoms with Gasteiger partial charge in [-0.15, -0.1) is 0 Å². The van der Waals surface area contributed by atoms with E-state index in [9.17, 15) is 18.0 Å². The first kappa shape index (κ1) is 21.6. The molecular weight excluding hydrogens is 397 g/mol. The van der Waals surface area contributed by atoms with E-state index in [0.717, 1.165) is 12.1 Å². The summed E-state index contributed by atoms with van der Waals surface area (Å²) in [5, 5.41) is 3.45. The van der Waals surface area contributed by atoms with Gasteiger partial charge in [0.1, 0.15) is 5.75 Å². The fourth-order valence-corrected chi connectivity index (χ4v) is 3.12. The van der Waals surface area contributed by atoms with Gasteiger partial charge >= 0.3 is 6.18 Å². The van der Waals surface area contributed by atoms with E-state index in [1.54, 1.807) is 25.3 Å². The standard InChI is InChI=1S/C22H21F3N2O3/c1-13(12-29-2)27-21(28)16-8-15-9-18(30-3)10-19(20(15)26-11-16)14-4-6-17(7-5-14)22(23,24)25/h4-11,13H,12H2,1-3H3,(H,27,28)/t13-/m0/s1. The molecule has 1 amide bonds. The number of rotatable bonds is 6. The van der Waals surface area contributed by atoms with Gasteiger partial charge in [-0.05, 0) is 42.8 Å². The second kappa shape index (κ2) is 8.71. The van der Waals surface area contributed by atoms with Crippen molar-refractivity contribution < 1.29 is 27.4 Å². The SMILES string of the molecule is COC[C@H](C)NC(=O)c1cnc2c(-c3ccc(C(F)(F)F)cc3)cc(OC)cc2c1. The average Bonchev–Trinajstić information content (AvgIpc) is 2.72. The second-order valence-electron chi connectivity index (χ2n) is 6.88. The predicted molar refractivity (Wildman–Crippen MR) is 108 cm³/mol. The van der Waals surface area contributed by atoms with Crippen LogP contribution in [0.4, 0.5) is 13.2 Å². The number of carbonyl (C=O) groups is 1. The number of carbonyl (C=O) groups excluding carboxylic acids is 1. The van der Waals surface area contributed by atoms with E-state index < -0.39 is 11.7 Å². The normalized spacial score (nSPS) is 12.6. The van der Waals surface area contributed by atoms with Gasteiger partial charge in [-0.3, -0.25) is 9.78 Å². The maximum absolute atomic E-state index is 12.9. The van der Waals surface area contributed by atoms with Crippen LogP contribution in [0.3, 0.4) is 0 Å². The van der Waals surface area contributed by atoms with Gasteiger partial charge in [0.2, 0.25) is 0 Å². The molecule has 1 N–H and O–H groups in total. The summed E-state index contributed by atoms with van der Waals surface area (Å²) in [6.45, 7) is 2.19. The summed E-state index contributed by atoms with van der Waals surface area (Å²) in [4.78, 5) is 16.9. The number of amides is 1. The Balaban J connectivity index is 2.02. The van der Waals surface area contributed by atoms with Gasteiger partial charge in [0, 0.05) is 30.3 Å². The van der Waals surface area contributed by atoms with Crippen molar-refractivity contribution in [2.75, 3.05) is 20.8 Å². The van der Waals surface area contributed by atoms with Crippen molar-refractivity contribution in [3.05, 3.63) is 59.8 Å². The lowest BCUT2D eigenvalue weighted by Crippen LogP contribution is -2.35. The molecule has 0 saturated heterocycles. The number of halogens is 3. The van der Waals surface area contributed by atoms with Crippen LogP contribution in [0.2, 0.25) is 0 Å². The lowest BCUT2D eigenvalue weighted by molar-refractivity contribution is -0.137. The molecule has 0 unspecified atom stereocenters. The Morgan fingerprint density at radius 2 is 1.83 bits per heavy atom. The Morgan fingerprint density at radius 1 is 1.13 bits per heavy atom. The van der Waals surface area contributed by atoms with E-state index in [1.165, 1.54) is 25.4 Å². The molecule has 30 heavy (non-hydrogen) atoms. The maximum atomic E-state index is 12.9. The quantitative estimate of drug-likeness (QED) is 0.631. The van der Waals surface area contributed by atoms with Crippen LogP contribution in [0.5, 0.6) is 5.75 Å². The third-order valence-electron chi connectivity index (χ3n) is 4.57. The van der Waals surface area contributed by atoms with Crippen LogP contribution in [0, 0.1) is 0 Å². The fourth-order valence-electron chi connectivity index (χ4n) is 3.12. The molecule has 2 aromatic carbocycles. The topological polar surface area (TPSA) is 60.5 Å². The highest BCUT2D eigenvalue weighted by Crippen LogP contribution is 2.35. The highest BCUT2D eigenvalue weighted by atomic mass is 19.4. The molecule has 1 heterocycles. The van der Waals surface area contributed by atoms with Crippen molar-refractivity contribution >= 4 is 16.8 Å². The highest BCUT2D eigenvalue weighted by molar-refractivity contribution is 6.01. The number of nitrogens with one attached hydrogen (secondary N) is 1. The van der Waals surface area contributed by atoms with E-state index >= 15 is 0 Å². The average molecular weight is 418 g/mol. The van der Waals surface area contributed by atoms with Crippen LogP contribution in [-0.4, -0.2) is 37.8 Å². The Labute approximate surface area is 171 Å². The molecule has 3 aromatic rings. The molecule has 0 aliphatic heterocycles. The summed E-state index contributed by atoms with van der Waals surface area (Å²) in [6, 6.07) is 9.78. The number of ether oxygens (including phenoxy) is 2. The van der Waals surface area contributed by atoms with E-state index in [2.05, 4.69) is 10.3 Å². The first-order chi connectivity index (χ1) is 14.2. The van der Waals surface area contributed by atoms with Crippen molar-refractivity contribution in [3.8, 4) is 16.9 Å². The van der Waals surface area contributed by atoms with Gasteiger partial charge in [0.25, 0.3) is 5.91 Å². The van der Waals surface area contributed by atoms with Crippen LogP contribution < -0.4 is 10.1 Å². The molecule has 0 radical (unpaired) electrons. The number of aromatic nitrogens is 1. The number of fused-ring (bicyclic) bond motifs is 1. The number of pyridine rings is 1. The zero-order chi connectivity index (χ0) is 21.9. The zero-order valence-electron chi connectivity index (χ0n) is 16.7. The Hall–Kier alpha value is -3.13. The van der Waals surface area contributed by atoms with Crippen molar-refractivity contribution in [1.82, 2.24) is 10.3 Å². The predicted octanol–water partition coefficient (Wildman–Crippen LogP) is 4.69. The lowest BCUT2D eigenvalue weighted by atomic mass is 9.99. The molecular formula is C22H21F3N2O3. The van der Waals surface area contributed by atoms with Crippen molar-refractivity contribution in [2.45, 2.75) is 19.1 Å². The molecule has 0 spiro atoms. The van der Waals surface area contributed by atoms with Gasteiger partial charge < -0.3 is 14.8 Å². The van der Waals surface area contributed by atoms with Gasteiger partial charge in [-0.1, -0.05) is 12.1 Å². The Bertz CT molecular complexity index is 1050. The molecule has 158 valence electrons. The van der Waals surface area contributed by atoms with Gasteiger partial charge in [0.15, 0.2) is 0 Å². The van der Waals surface area contributed by atoms with E-state index in [-0.39, 0.29) is 11.9 Å². The van der Waals surface area contributed by atoms with E-state index in [1.807, 2.05) is 6.92 Å². The molecule has 0 bridgehead atoms. The number of hydrogen-bond donors (Lipinski definition) is 1. The zero-order valence-corrected chi connectivity index (χ0v) is 16.7. The minimum Gasteiger partial charge on any atom is -0.497 e. The van der Waals surface area contributed by atoms with Crippen molar-refractivity contribution in [1.29, 1.82) is 0 Å². The van der Waals surface area contributed by atoms with Crippen LogP contribution >= 0.6 is 0 Å². The number of nitrogens with zero attached hydrogens (tertiary/aromatic N) is 1. The summed E-state index contributed by atoms with van der Waals surface area (Å²) in [5.41, 5.74) is 1.35. The van der Waals surface area contributed by atoms with Crippen LogP contribution in [0.1, 0.15) is 22.8 Å². The summed E-state index contributed by atoms with van der Waals surface area (Å²) < 4.78 is 49.0. The fraction of sp³-hybridized carbons (Fsp3) is 0.273. The summed E-state index contributed by atoms with van der Waals surface area (Å²) in [6.07, 6.45) is -2.97. The smallest absolute Gasteiger partial charge is 0.416 e. The summed E-state index contributed by atoms with van der Waals surface area (Å²) in [7, 11) is 3.05. The first-order valence-electron chi connectivity index (χ1n) is 9.18. The Kier molecular flexibility index (Phi) is 6.26. The Morgan fingerprint density at radius 3 is 2.43 bits per heavy atom. The van der Waals surface area contributed by atoms with Crippen LogP contribution in [-0.2, 0) is 10.9 Å². The van der Waals surface area contributed by atoms with Crippen LogP contribution in [0.15, 0.2) is 48.7 Å². The molecule has 5 nitrogen and oxygen atoms in total. The van der Waals surface area contributed by atoms with Crippen LogP contribution in [0.25, 0.3) is 22.0 Å². The maximum Gasteiger partial charge on any atom is 0.416 e. The number of benzene rings is 2. The van der Waals surface area contributed by atoms with E-state index in [4.69, 9.17) is 9.47 Å². The largest absolute Gasteiger partial charge is 0.497 e. The third kappa shape index (κ3) is 4.71. The number of alkyl halides is 3. The molecule has 8 heteroatoms. The number of methoxy groups -OCH3 is 2. The third-order valence-corrected chi connectivity index (χ3v) is 4.57. The molecule has 3 rings (SSSR count). The summed E-state index contributed by atoms with van der Waals surface area (Å²) >= 11 is 0. The number of hydrogen-bond acceptors (Lipinski definition) is 4. The highest BCUT2D eigenvalue weighted by Gasteiger charge is 2.30. The first-order valence-corrected chi connectivity index (χ1v) is 9.18. The van der Waals surface area contributed by atoms with Crippen molar-refractivity contribution in [2.24, 2.45) is 0 Å². The molecule has 0 aliphatic rings. The molecule has 1 aromatic heterocycles. The molecule has 1 atom stereocenters. The van der Waals surface area contributed by atoms with Gasteiger partial charge in [-0.25, -0.2) is 0 Å². The second-order valence-corrected chi connectivity index (χ2v) is 6.88. The molecule has 0 saturated carbocycles. The summed E-state index contributed by atoms with van der Waals surface area (Å²) in [5.74, 6) is 0.206. The monoisotopic (exact) mass is 418 g/mol. The van der Waals surface area contributed by atoms with Gasteiger partial charge in [-0.2, -0.15) is 13.2 Å². The molecule has 0 fully saturated rings. The molecule has 0 aliphatic carbocycles. The minimum absolute atomic E-state index is 0.175. The lowest BCUT2D eigenvalue weighted by Gasteiger charge is -2.14.